The molecule has 0 aliphatic rings. The van der Waals surface area contributed by atoms with Gasteiger partial charge in [0.15, 0.2) is 0 Å². The monoisotopic (exact) mass is 308 g/mol. The van der Waals surface area contributed by atoms with Gasteiger partial charge in [-0.2, -0.15) is 5.10 Å². The largest absolute Gasteiger partial charge is 0.316 e. The molecule has 0 atom stereocenters. The third-order valence-electron chi connectivity index (χ3n) is 3.07. The molecule has 0 bridgehead atoms. The van der Waals surface area contributed by atoms with Gasteiger partial charge in [0.25, 0.3) is 10.0 Å². The van der Waals surface area contributed by atoms with Crippen molar-refractivity contribution in [3.05, 3.63) is 41.7 Å². The van der Waals surface area contributed by atoms with Crippen LogP contribution < -0.4 is 10.0 Å². The molecule has 1 aromatic heterocycles. The molecule has 7 heteroatoms. The molecule has 6 nitrogen and oxygen atoms in total. The van der Waals surface area contributed by atoms with Crippen molar-refractivity contribution in [2.75, 3.05) is 11.8 Å². The fourth-order valence-electron chi connectivity index (χ4n) is 2.11. The fourth-order valence-corrected chi connectivity index (χ4v) is 3.25. The third kappa shape index (κ3) is 3.62. The molecule has 2 aromatic rings. The predicted molar refractivity (Wildman–Crippen MR) is 82.6 cm³/mol. The van der Waals surface area contributed by atoms with Crippen molar-refractivity contribution in [2.45, 2.75) is 24.8 Å². The molecule has 0 aliphatic heterocycles. The van der Waals surface area contributed by atoms with Crippen molar-refractivity contribution >= 4 is 15.7 Å². The minimum Gasteiger partial charge on any atom is -0.316 e. The summed E-state index contributed by atoms with van der Waals surface area (Å²) in [4.78, 5) is 0.251. The summed E-state index contributed by atoms with van der Waals surface area (Å²) in [5.41, 5.74) is 2.17. The van der Waals surface area contributed by atoms with Gasteiger partial charge in [-0.15, -0.1) is 0 Å². The minimum absolute atomic E-state index is 0.251. The Bertz CT molecular complexity index is 722. The molecule has 2 N–H and O–H groups in total. The summed E-state index contributed by atoms with van der Waals surface area (Å²) in [5.74, 6) is 0. The normalized spacial score (nSPS) is 11.6. The van der Waals surface area contributed by atoms with Crippen molar-refractivity contribution < 1.29 is 8.42 Å². The van der Waals surface area contributed by atoms with E-state index < -0.39 is 10.0 Å². The number of nitrogens with one attached hydrogen (secondary N) is 2. The first-order valence-corrected chi connectivity index (χ1v) is 8.23. The smallest absolute Gasteiger partial charge is 0.262 e. The summed E-state index contributed by atoms with van der Waals surface area (Å²) in [6.07, 6.45) is 2.34. The summed E-state index contributed by atoms with van der Waals surface area (Å²) in [7, 11) is -0.0142. The van der Waals surface area contributed by atoms with Crippen molar-refractivity contribution in [3.63, 3.8) is 0 Å². The van der Waals surface area contributed by atoms with Gasteiger partial charge in [-0.3, -0.25) is 9.40 Å². The third-order valence-corrected chi connectivity index (χ3v) is 4.44. The van der Waals surface area contributed by atoms with E-state index in [0.717, 1.165) is 11.3 Å². The molecule has 0 amide bonds. The highest BCUT2D eigenvalue weighted by Gasteiger charge is 2.17. The molecule has 0 fully saturated rings. The number of nitrogens with zero attached hydrogens (tertiary/aromatic N) is 2. The average Bonchev–Trinajstić information content (AvgIpc) is 2.79. The van der Waals surface area contributed by atoms with Gasteiger partial charge in [-0.25, -0.2) is 8.42 Å². The molecule has 0 aliphatic carbocycles. The minimum atomic E-state index is -3.60. The lowest BCUT2D eigenvalue weighted by Crippen LogP contribution is -2.14. The van der Waals surface area contributed by atoms with Gasteiger partial charge in [0.05, 0.1) is 16.3 Å². The lowest BCUT2D eigenvalue weighted by molar-refractivity contribution is 0.601. The van der Waals surface area contributed by atoms with Crippen LogP contribution in [0.25, 0.3) is 0 Å². The zero-order chi connectivity index (χ0) is 15.5. The van der Waals surface area contributed by atoms with Crippen LogP contribution in [0.3, 0.4) is 0 Å². The number of sulfonamides is 1. The first-order valence-electron chi connectivity index (χ1n) is 6.75. The number of aromatic nitrogens is 2. The van der Waals surface area contributed by atoms with Crippen LogP contribution in [0.5, 0.6) is 0 Å². The van der Waals surface area contributed by atoms with E-state index >= 15 is 0 Å². The van der Waals surface area contributed by atoms with E-state index in [1.807, 2.05) is 20.0 Å². The van der Waals surface area contributed by atoms with Crippen LogP contribution in [-0.4, -0.2) is 25.2 Å². The zero-order valence-electron chi connectivity index (χ0n) is 12.4. The second kappa shape index (κ2) is 6.28. The number of hydrogen-bond acceptors (Lipinski definition) is 4. The van der Waals surface area contributed by atoms with Gasteiger partial charge in [0, 0.05) is 19.8 Å². The number of benzene rings is 1. The molecule has 0 saturated carbocycles. The van der Waals surface area contributed by atoms with Crippen molar-refractivity contribution in [1.29, 1.82) is 0 Å². The second-order valence-corrected chi connectivity index (χ2v) is 6.48. The SMILES string of the molecule is CCc1nn(C)cc1NS(=O)(=O)c1cccc(CNC)c1. The van der Waals surface area contributed by atoms with E-state index in [1.54, 1.807) is 36.1 Å². The van der Waals surface area contributed by atoms with Crippen LogP contribution in [0.1, 0.15) is 18.2 Å². The first-order chi connectivity index (χ1) is 9.96. The highest BCUT2D eigenvalue weighted by Crippen LogP contribution is 2.20. The molecule has 1 aromatic carbocycles. The van der Waals surface area contributed by atoms with E-state index in [4.69, 9.17) is 0 Å². The Morgan fingerprint density at radius 2 is 2.10 bits per heavy atom. The lowest BCUT2D eigenvalue weighted by Gasteiger charge is -2.09. The Balaban J connectivity index is 2.31. The van der Waals surface area contributed by atoms with Crippen LogP contribution in [-0.2, 0) is 30.0 Å². The Morgan fingerprint density at radius 3 is 2.76 bits per heavy atom. The van der Waals surface area contributed by atoms with Gasteiger partial charge in [0.1, 0.15) is 0 Å². The lowest BCUT2D eigenvalue weighted by atomic mass is 10.2. The van der Waals surface area contributed by atoms with Gasteiger partial charge in [-0.05, 0) is 31.2 Å². The van der Waals surface area contributed by atoms with Crippen LogP contribution in [0.15, 0.2) is 35.4 Å². The van der Waals surface area contributed by atoms with Crippen molar-refractivity contribution in [1.82, 2.24) is 15.1 Å². The molecular formula is C14H20N4O2S. The number of aryl methyl sites for hydroxylation is 2. The highest BCUT2D eigenvalue weighted by atomic mass is 32.2. The maximum atomic E-state index is 12.5. The first kappa shape index (κ1) is 15.5. The molecule has 21 heavy (non-hydrogen) atoms. The van der Waals surface area contributed by atoms with E-state index in [2.05, 4.69) is 15.1 Å². The Hall–Kier alpha value is -1.86. The highest BCUT2D eigenvalue weighted by molar-refractivity contribution is 7.92. The van der Waals surface area contributed by atoms with E-state index in [1.165, 1.54) is 0 Å². The summed E-state index contributed by atoms with van der Waals surface area (Å²) in [6, 6.07) is 6.88. The molecule has 2 rings (SSSR count). The maximum Gasteiger partial charge on any atom is 0.262 e. The van der Waals surface area contributed by atoms with E-state index in [0.29, 0.717) is 18.7 Å². The molecule has 1 heterocycles. The van der Waals surface area contributed by atoms with E-state index in [-0.39, 0.29) is 4.90 Å². The summed E-state index contributed by atoms with van der Waals surface area (Å²) in [6.45, 7) is 2.56. The van der Waals surface area contributed by atoms with Gasteiger partial charge >= 0.3 is 0 Å². The summed E-state index contributed by atoms with van der Waals surface area (Å²) < 4.78 is 29.2. The summed E-state index contributed by atoms with van der Waals surface area (Å²) >= 11 is 0. The van der Waals surface area contributed by atoms with Crippen molar-refractivity contribution in [2.24, 2.45) is 7.05 Å². The zero-order valence-corrected chi connectivity index (χ0v) is 13.2. The van der Waals surface area contributed by atoms with Gasteiger partial charge < -0.3 is 5.32 Å². The van der Waals surface area contributed by atoms with Gasteiger partial charge in [0.2, 0.25) is 0 Å². The Kier molecular flexibility index (Phi) is 4.64. The molecule has 0 radical (unpaired) electrons. The van der Waals surface area contributed by atoms with Crippen LogP contribution in [0, 0.1) is 0 Å². The molecule has 114 valence electrons. The Labute approximate surface area is 125 Å². The van der Waals surface area contributed by atoms with Crippen LogP contribution in [0.4, 0.5) is 5.69 Å². The topological polar surface area (TPSA) is 76.0 Å². The number of anilines is 1. The number of rotatable bonds is 6. The number of hydrogen-bond donors (Lipinski definition) is 2. The van der Waals surface area contributed by atoms with Crippen LogP contribution in [0.2, 0.25) is 0 Å². The fraction of sp³-hybridized carbons (Fsp3) is 0.357. The van der Waals surface area contributed by atoms with Crippen molar-refractivity contribution in [3.8, 4) is 0 Å². The summed E-state index contributed by atoms with van der Waals surface area (Å²) in [5, 5.41) is 7.24. The molecule has 0 unspecified atom stereocenters. The maximum absolute atomic E-state index is 12.5. The standard InChI is InChI=1S/C14H20N4O2S/c1-4-13-14(10-18(3)16-13)17-21(19,20)12-7-5-6-11(8-12)9-15-2/h5-8,10,15,17H,4,9H2,1-3H3. The Morgan fingerprint density at radius 1 is 1.33 bits per heavy atom. The van der Waals surface area contributed by atoms with Gasteiger partial charge in [-0.1, -0.05) is 19.1 Å². The molecular weight excluding hydrogens is 288 g/mol. The molecule has 0 saturated heterocycles. The predicted octanol–water partition coefficient (Wildman–Crippen LogP) is 1.50. The average molecular weight is 308 g/mol. The van der Waals surface area contributed by atoms with E-state index in [9.17, 15) is 8.42 Å². The second-order valence-electron chi connectivity index (χ2n) is 4.80. The quantitative estimate of drug-likeness (QED) is 0.848. The molecule has 0 spiro atoms. The van der Waals surface area contributed by atoms with Crippen LogP contribution >= 0.6 is 0 Å².